The van der Waals surface area contributed by atoms with E-state index in [1.54, 1.807) is 12.1 Å². The van der Waals surface area contributed by atoms with Crippen LogP contribution in [0.1, 0.15) is 29.7 Å². The predicted octanol–water partition coefficient (Wildman–Crippen LogP) is 2.46. The number of benzene rings is 2. The van der Waals surface area contributed by atoms with Crippen LogP contribution in [0.4, 0.5) is 0 Å². The summed E-state index contributed by atoms with van der Waals surface area (Å²) in [6.07, 6.45) is -5.30. The normalized spacial score (nSPS) is 27.6. The third kappa shape index (κ3) is 4.49. The SMILES string of the molecule is CCOc1ccc(Cc2cc([C@@H]3OC(OC)[C@@H](O)C(O)[C@H]3O)ccc2Cl)cc1. The van der Waals surface area contributed by atoms with Crippen LogP contribution in [0.3, 0.4) is 0 Å². The molecule has 28 heavy (non-hydrogen) atoms. The molecule has 2 unspecified atom stereocenters. The van der Waals surface area contributed by atoms with Gasteiger partial charge in [0.05, 0.1) is 6.61 Å². The van der Waals surface area contributed by atoms with E-state index in [9.17, 15) is 15.3 Å². The summed E-state index contributed by atoms with van der Waals surface area (Å²) in [4.78, 5) is 0. The molecule has 1 saturated heterocycles. The lowest BCUT2D eigenvalue weighted by Crippen LogP contribution is -2.54. The van der Waals surface area contributed by atoms with Gasteiger partial charge in [0.1, 0.15) is 30.2 Å². The third-order valence-corrected chi connectivity index (χ3v) is 5.20. The van der Waals surface area contributed by atoms with Crippen molar-refractivity contribution in [2.75, 3.05) is 13.7 Å². The summed E-state index contributed by atoms with van der Waals surface area (Å²) in [7, 11) is 1.37. The number of methoxy groups -OCH3 is 1. The first-order valence-electron chi connectivity index (χ1n) is 9.17. The van der Waals surface area contributed by atoms with Gasteiger partial charge < -0.3 is 29.5 Å². The van der Waals surface area contributed by atoms with Crippen LogP contribution in [0.15, 0.2) is 42.5 Å². The molecule has 3 N–H and O–H groups in total. The predicted molar refractivity (Wildman–Crippen MR) is 105 cm³/mol. The van der Waals surface area contributed by atoms with Gasteiger partial charge in [-0.15, -0.1) is 0 Å². The highest BCUT2D eigenvalue weighted by Crippen LogP contribution is 2.34. The van der Waals surface area contributed by atoms with Gasteiger partial charge in [-0.1, -0.05) is 35.9 Å². The second kappa shape index (κ2) is 9.22. The van der Waals surface area contributed by atoms with Crippen molar-refractivity contribution >= 4 is 11.6 Å². The Kier molecular flexibility index (Phi) is 6.93. The molecule has 0 amide bonds. The van der Waals surface area contributed by atoms with Crippen LogP contribution >= 0.6 is 11.6 Å². The zero-order valence-corrected chi connectivity index (χ0v) is 16.5. The van der Waals surface area contributed by atoms with Gasteiger partial charge in [-0.25, -0.2) is 0 Å². The monoisotopic (exact) mass is 408 g/mol. The van der Waals surface area contributed by atoms with E-state index in [0.717, 1.165) is 16.9 Å². The Bertz CT molecular complexity index is 779. The molecule has 152 valence electrons. The summed E-state index contributed by atoms with van der Waals surface area (Å²) in [5.41, 5.74) is 2.55. The molecule has 1 aliphatic rings. The molecule has 6 nitrogen and oxygen atoms in total. The van der Waals surface area contributed by atoms with Gasteiger partial charge in [0.25, 0.3) is 0 Å². The Balaban J connectivity index is 1.82. The number of hydrogen-bond donors (Lipinski definition) is 3. The molecular formula is C21H25ClO6. The molecule has 1 heterocycles. The molecule has 0 bridgehead atoms. The van der Waals surface area contributed by atoms with Crippen LogP contribution in [-0.4, -0.2) is 53.6 Å². The van der Waals surface area contributed by atoms with Gasteiger partial charge >= 0.3 is 0 Å². The Morgan fingerprint density at radius 3 is 2.36 bits per heavy atom. The van der Waals surface area contributed by atoms with Crippen molar-refractivity contribution in [3.63, 3.8) is 0 Å². The minimum absolute atomic E-state index is 0.584. The molecular weight excluding hydrogens is 384 g/mol. The number of aliphatic hydroxyl groups excluding tert-OH is 3. The maximum Gasteiger partial charge on any atom is 0.186 e. The Morgan fingerprint density at radius 1 is 1.00 bits per heavy atom. The molecule has 0 spiro atoms. The molecule has 1 aliphatic heterocycles. The zero-order chi connectivity index (χ0) is 20.3. The van der Waals surface area contributed by atoms with E-state index in [2.05, 4.69) is 0 Å². The quantitative estimate of drug-likeness (QED) is 0.680. The molecule has 1 fully saturated rings. The van der Waals surface area contributed by atoms with Crippen LogP contribution in [-0.2, 0) is 15.9 Å². The molecule has 2 aromatic rings. The highest BCUT2D eigenvalue weighted by molar-refractivity contribution is 6.31. The van der Waals surface area contributed by atoms with Crippen molar-refractivity contribution in [3.8, 4) is 5.75 Å². The Hall–Kier alpha value is -1.67. The van der Waals surface area contributed by atoms with E-state index in [1.807, 2.05) is 37.3 Å². The molecule has 2 aromatic carbocycles. The lowest BCUT2D eigenvalue weighted by Gasteiger charge is -2.40. The lowest BCUT2D eigenvalue weighted by atomic mass is 9.92. The number of rotatable bonds is 6. The summed E-state index contributed by atoms with van der Waals surface area (Å²) in [5.74, 6) is 0.808. The highest BCUT2D eigenvalue weighted by Gasteiger charge is 2.44. The molecule has 0 saturated carbocycles. The molecule has 7 heteroatoms. The van der Waals surface area contributed by atoms with Crippen molar-refractivity contribution in [2.24, 2.45) is 0 Å². The zero-order valence-electron chi connectivity index (χ0n) is 15.8. The molecule has 0 aliphatic carbocycles. The van der Waals surface area contributed by atoms with E-state index < -0.39 is 30.7 Å². The van der Waals surface area contributed by atoms with E-state index in [4.69, 9.17) is 25.8 Å². The van der Waals surface area contributed by atoms with Gasteiger partial charge in [0.2, 0.25) is 0 Å². The number of hydrogen-bond acceptors (Lipinski definition) is 6. The second-order valence-electron chi connectivity index (χ2n) is 6.74. The van der Waals surface area contributed by atoms with Crippen LogP contribution < -0.4 is 4.74 Å². The van der Waals surface area contributed by atoms with E-state index >= 15 is 0 Å². The Labute approximate surface area is 169 Å². The van der Waals surface area contributed by atoms with Gasteiger partial charge in [-0.2, -0.15) is 0 Å². The van der Waals surface area contributed by atoms with Crippen molar-refractivity contribution < 1.29 is 29.5 Å². The van der Waals surface area contributed by atoms with E-state index in [-0.39, 0.29) is 0 Å². The topological polar surface area (TPSA) is 88.4 Å². The van der Waals surface area contributed by atoms with Crippen LogP contribution in [0, 0.1) is 0 Å². The fourth-order valence-corrected chi connectivity index (χ4v) is 3.50. The summed E-state index contributed by atoms with van der Waals surface area (Å²) < 4.78 is 16.2. The van der Waals surface area contributed by atoms with Crippen molar-refractivity contribution in [1.82, 2.24) is 0 Å². The first-order chi connectivity index (χ1) is 13.4. The Morgan fingerprint density at radius 2 is 1.71 bits per heavy atom. The van der Waals surface area contributed by atoms with Gasteiger partial charge in [-0.05, 0) is 48.2 Å². The summed E-state index contributed by atoms with van der Waals surface area (Å²) in [6.45, 7) is 2.55. The molecule has 5 atom stereocenters. The smallest absolute Gasteiger partial charge is 0.186 e. The van der Waals surface area contributed by atoms with E-state index in [1.165, 1.54) is 7.11 Å². The highest BCUT2D eigenvalue weighted by atomic mass is 35.5. The number of aliphatic hydroxyl groups is 3. The average molecular weight is 409 g/mol. The van der Waals surface area contributed by atoms with Crippen molar-refractivity contribution in [2.45, 2.75) is 44.1 Å². The summed E-state index contributed by atoms with van der Waals surface area (Å²) in [5, 5.41) is 31.0. The standard InChI is InChI=1S/C21H25ClO6/c1-3-27-15-7-4-12(5-8-15)10-14-11-13(6-9-16(14)22)20-18(24)17(23)19(25)21(26-2)28-20/h4-9,11,17-21,23-25H,3,10H2,1-2H3/t17?,18-,19+,20+,21?/m1/s1. The third-order valence-electron chi connectivity index (χ3n) is 4.83. The summed E-state index contributed by atoms with van der Waals surface area (Å²) >= 11 is 6.37. The van der Waals surface area contributed by atoms with Crippen LogP contribution in [0.2, 0.25) is 5.02 Å². The van der Waals surface area contributed by atoms with Gasteiger partial charge in [-0.3, -0.25) is 0 Å². The van der Waals surface area contributed by atoms with Gasteiger partial charge in [0, 0.05) is 12.1 Å². The maximum absolute atomic E-state index is 10.4. The molecule has 3 rings (SSSR count). The minimum atomic E-state index is -1.38. The maximum atomic E-state index is 10.4. The van der Waals surface area contributed by atoms with Gasteiger partial charge in [0.15, 0.2) is 6.29 Å². The van der Waals surface area contributed by atoms with E-state index in [0.29, 0.717) is 23.6 Å². The summed E-state index contributed by atoms with van der Waals surface area (Å²) in [6, 6.07) is 13.1. The van der Waals surface area contributed by atoms with Crippen molar-refractivity contribution in [3.05, 3.63) is 64.2 Å². The minimum Gasteiger partial charge on any atom is -0.494 e. The fourth-order valence-electron chi connectivity index (χ4n) is 3.32. The first kappa shape index (κ1) is 21.0. The van der Waals surface area contributed by atoms with Crippen molar-refractivity contribution in [1.29, 1.82) is 0 Å². The fraction of sp³-hybridized carbons (Fsp3) is 0.429. The largest absolute Gasteiger partial charge is 0.494 e. The first-order valence-corrected chi connectivity index (χ1v) is 9.55. The molecule has 0 aromatic heterocycles. The lowest BCUT2D eigenvalue weighted by molar-refractivity contribution is -0.292. The molecule has 0 radical (unpaired) electrons. The number of ether oxygens (including phenoxy) is 3. The average Bonchev–Trinajstić information content (AvgIpc) is 2.70. The second-order valence-corrected chi connectivity index (χ2v) is 7.14. The van der Waals surface area contributed by atoms with Crippen LogP contribution in [0.5, 0.6) is 5.75 Å². The van der Waals surface area contributed by atoms with Crippen LogP contribution in [0.25, 0.3) is 0 Å². The number of halogens is 1.